The number of amides is 2. The second-order valence-electron chi connectivity index (χ2n) is 5.69. The molecule has 11 nitrogen and oxygen atoms in total. The topological polar surface area (TPSA) is 192 Å². The number of hydrogen-bond acceptors (Lipinski definition) is 8. The molecule has 1 aliphatic heterocycles. The molecule has 2 unspecified atom stereocenters. The number of carbonyl (C=O) groups is 4. The summed E-state index contributed by atoms with van der Waals surface area (Å²) >= 11 is 1.20. The van der Waals surface area contributed by atoms with Gasteiger partial charge in [0.1, 0.15) is 24.7 Å². The number of carboxylic acid groups (broad SMARTS) is 2. The number of hydrogen-bond donors (Lipinski definition) is 6. The van der Waals surface area contributed by atoms with Crippen molar-refractivity contribution in [1.29, 1.82) is 0 Å². The number of carboxylic acids is 2. The molecule has 12 heteroatoms. The van der Waals surface area contributed by atoms with E-state index in [1.54, 1.807) is 0 Å². The summed E-state index contributed by atoms with van der Waals surface area (Å²) < 4.78 is 4.94. The highest BCUT2D eigenvalue weighted by molar-refractivity contribution is 7.99. The Kier molecular flexibility index (Phi) is 9.34. The molecule has 0 aromatic rings. The van der Waals surface area contributed by atoms with Crippen LogP contribution >= 0.6 is 11.8 Å². The van der Waals surface area contributed by atoms with Gasteiger partial charge in [-0.2, -0.15) is 11.8 Å². The smallest absolute Gasteiger partial charge is 0.322 e. The Morgan fingerprint density at radius 2 is 1.88 bits per heavy atom. The highest BCUT2D eigenvalue weighted by Gasteiger charge is 2.31. The minimum Gasteiger partial charge on any atom is -0.480 e. The molecular formula is C14H23N3O8S. The average molecular weight is 393 g/mol. The summed E-state index contributed by atoms with van der Waals surface area (Å²) in [5, 5.41) is 31.6. The zero-order valence-corrected chi connectivity index (χ0v) is 14.7. The van der Waals surface area contributed by atoms with Crippen LogP contribution in [0.4, 0.5) is 0 Å². The molecule has 1 rings (SSSR count). The van der Waals surface area contributed by atoms with Crippen molar-refractivity contribution >= 4 is 35.5 Å². The fourth-order valence-electron chi connectivity index (χ4n) is 1.84. The van der Waals surface area contributed by atoms with Gasteiger partial charge in [-0.15, -0.1) is 0 Å². The van der Waals surface area contributed by atoms with Crippen molar-refractivity contribution in [3.05, 3.63) is 0 Å². The monoisotopic (exact) mass is 393 g/mol. The van der Waals surface area contributed by atoms with Gasteiger partial charge < -0.3 is 36.4 Å². The van der Waals surface area contributed by atoms with Crippen LogP contribution < -0.4 is 16.4 Å². The predicted molar refractivity (Wildman–Crippen MR) is 90.5 cm³/mol. The number of ether oxygens (including phenoxy) is 1. The van der Waals surface area contributed by atoms with E-state index in [-0.39, 0.29) is 30.5 Å². The third-order valence-electron chi connectivity index (χ3n) is 3.43. The number of rotatable bonds is 13. The van der Waals surface area contributed by atoms with E-state index in [0.29, 0.717) is 6.61 Å². The third kappa shape index (κ3) is 8.99. The van der Waals surface area contributed by atoms with Crippen LogP contribution in [0, 0.1) is 0 Å². The predicted octanol–water partition coefficient (Wildman–Crippen LogP) is -2.64. The van der Waals surface area contributed by atoms with Crippen LogP contribution in [0.15, 0.2) is 0 Å². The Hall–Kier alpha value is -1.89. The van der Waals surface area contributed by atoms with Crippen LogP contribution in [-0.2, 0) is 23.9 Å². The Labute approximate surface area is 153 Å². The molecule has 1 aliphatic rings. The number of nitrogens with one attached hydrogen (secondary N) is 2. The minimum absolute atomic E-state index is 0.102. The molecule has 0 aromatic carbocycles. The quantitative estimate of drug-likeness (QED) is 0.180. The molecule has 1 fully saturated rings. The largest absolute Gasteiger partial charge is 0.480 e. The molecule has 0 aliphatic carbocycles. The first-order valence-electron chi connectivity index (χ1n) is 7.85. The molecule has 2 amide bonds. The maximum absolute atomic E-state index is 12.0. The summed E-state index contributed by atoms with van der Waals surface area (Å²) in [7, 11) is 0. The number of nitrogens with two attached hydrogens (primary N) is 1. The molecule has 148 valence electrons. The lowest BCUT2D eigenvalue weighted by atomic mass is 10.1. The number of aliphatic carboxylic acids is 2. The van der Waals surface area contributed by atoms with E-state index in [2.05, 4.69) is 10.6 Å². The van der Waals surface area contributed by atoms with E-state index in [1.165, 1.54) is 11.8 Å². The van der Waals surface area contributed by atoms with Gasteiger partial charge in [-0.1, -0.05) is 0 Å². The zero-order valence-electron chi connectivity index (χ0n) is 13.9. The van der Waals surface area contributed by atoms with Gasteiger partial charge in [0.05, 0.1) is 12.7 Å². The van der Waals surface area contributed by atoms with Gasteiger partial charge in [-0.25, -0.2) is 0 Å². The first-order chi connectivity index (χ1) is 12.2. The molecule has 0 radical (unpaired) electrons. The number of thioether (sulfide) groups is 1. The standard InChI is InChI=1S/C14H23N3O8S/c15-7(14(23)24)1-2-11(19)17-8(13(22)16-3-12(20)21)5-26-6-9(18)10-4-25-10/h7-10,18H,1-6,15H2,(H,16,22)(H,17,19)(H,20,21)(H,23,24)/t7-,8-,9?,10?/m0/s1. The minimum atomic E-state index is -1.24. The van der Waals surface area contributed by atoms with E-state index >= 15 is 0 Å². The summed E-state index contributed by atoms with van der Waals surface area (Å²) in [6.45, 7) is -0.122. The van der Waals surface area contributed by atoms with Crippen molar-refractivity contribution in [2.45, 2.75) is 37.1 Å². The van der Waals surface area contributed by atoms with Crippen LogP contribution in [0.1, 0.15) is 12.8 Å². The van der Waals surface area contributed by atoms with E-state index in [4.69, 9.17) is 20.7 Å². The summed E-state index contributed by atoms with van der Waals surface area (Å²) in [6, 6.07) is -2.22. The number of carbonyl (C=O) groups excluding carboxylic acids is 2. The molecule has 1 saturated heterocycles. The Bertz CT molecular complexity index is 528. The lowest BCUT2D eigenvalue weighted by Gasteiger charge is -2.18. The molecule has 4 atom stereocenters. The zero-order chi connectivity index (χ0) is 19.7. The fourth-order valence-corrected chi connectivity index (χ4v) is 2.90. The molecule has 0 spiro atoms. The van der Waals surface area contributed by atoms with Crippen LogP contribution in [0.3, 0.4) is 0 Å². The van der Waals surface area contributed by atoms with Gasteiger partial charge in [-0.05, 0) is 6.42 Å². The van der Waals surface area contributed by atoms with Gasteiger partial charge in [0.15, 0.2) is 0 Å². The lowest BCUT2D eigenvalue weighted by Crippen LogP contribution is -2.49. The van der Waals surface area contributed by atoms with Crippen LogP contribution in [0.2, 0.25) is 0 Å². The Morgan fingerprint density at radius 3 is 2.42 bits per heavy atom. The highest BCUT2D eigenvalue weighted by atomic mass is 32.2. The van der Waals surface area contributed by atoms with Crippen LogP contribution in [-0.4, -0.2) is 88.0 Å². The maximum Gasteiger partial charge on any atom is 0.322 e. The van der Waals surface area contributed by atoms with Gasteiger partial charge in [0.2, 0.25) is 11.8 Å². The van der Waals surface area contributed by atoms with E-state index < -0.39 is 48.5 Å². The van der Waals surface area contributed by atoms with Gasteiger partial charge in [-0.3, -0.25) is 19.2 Å². The van der Waals surface area contributed by atoms with Crippen molar-refractivity contribution in [1.82, 2.24) is 10.6 Å². The third-order valence-corrected chi connectivity index (χ3v) is 4.57. The van der Waals surface area contributed by atoms with Crippen molar-refractivity contribution < 1.29 is 39.2 Å². The molecule has 0 aromatic heterocycles. The van der Waals surface area contributed by atoms with Crippen molar-refractivity contribution in [3.63, 3.8) is 0 Å². The average Bonchev–Trinajstić information content (AvgIpc) is 3.41. The Balaban J connectivity index is 2.48. The molecule has 0 bridgehead atoms. The first-order valence-corrected chi connectivity index (χ1v) is 9.00. The van der Waals surface area contributed by atoms with Gasteiger partial charge in [0, 0.05) is 17.9 Å². The van der Waals surface area contributed by atoms with Crippen molar-refractivity contribution in [2.24, 2.45) is 5.73 Å². The van der Waals surface area contributed by atoms with Crippen molar-refractivity contribution in [2.75, 3.05) is 24.7 Å². The lowest BCUT2D eigenvalue weighted by molar-refractivity contribution is -0.139. The normalized spacial score (nSPS) is 19.1. The summed E-state index contributed by atoms with van der Waals surface area (Å²) in [5.74, 6) is -3.35. The highest BCUT2D eigenvalue weighted by Crippen LogP contribution is 2.18. The molecule has 7 N–H and O–H groups in total. The number of aliphatic hydroxyl groups is 1. The molecule has 0 saturated carbocycles. The first kappa shape index (κ1) is 22.2. The summed E-state index contributed by atoms with van der Waals surface area (Å²) in [4.78, 5) is 45.1. The van der Waals surface area contributed by atoms with Crippen LogP contribution in [0.25, 0.3) is 0 Å². The van der Waals surface area contributed by atoms with E-state index in [0.717, 1.165) is 0 Å². The Morgan fingerprint density at radius 1 is 1.23 bits per heavy atom. The van der Waals surface area contributed by atoms with E-state index in [1.807, 2.05) is 0 Å². The SMILES string of the molecule is N[C@@H](CCC(=O)N[C@@H](CSCC(O)C1CO1)C(=O)NCC(=O)O)C(=O)O. The number of epoxide rings is 1. The van der Waals surface area contributed by atoms with Gasteiger partial charge in [0.25, 0.3) is 0 Å². The van der Waals surface area contributed by atoms with E-state index in [9.17, 15) is 24.3 Å². The second-order valence-corrected chi connectivity index (χ2v) is 6.77. The van der Waals surface area contributed by atoms with Gasteiger partial charge >= 0.3 is 11.9 Å². The maximum atomic E-state index is 12.0. The molecule has 26 heavy (non-hydrogen) atoms. The summed E-state index contributed by atoms with van der Waals surface area (Å²) in [6.07, 6.45) is -1.20. The molecule has 1 heterocycles. The van der Waals surface area contributed by atoms with Crippen molar-refractivity contribution in [3.8, 4) is 0 Å². The molecular weight excluding hydrogens is 370 g/mol. The fraction of sp³-hybridized carbons (Fsp3) is 0.714. The summed E-state index contributed by atoms with van der Waals surface area (Å²) in [5.41, 5.74) is 5.32. The number of aliphatic hydroxyl groups excluding tert-OH is 1. The van der Waals surface area contributed by atoms with Crippen LogP contribution in [0.5, 0.6) is 0 Å². The second kappa shape index (κ2) is 11.0.